The number of nitrogens with zero attached hydrogens (tertiary/aromatic N) is 1. The fraction of sp³-hybridized carbons (Fsp3) is 0.308. The molecular formula is C13H12F4N2S. The molecule has 2 nitrogen and oxygen atoms in total. The smallest absolute Gasteiger partial charge is 0.317 e. The molecule has 2 aromatic rings. The standard InChI is InChI=1S/C13H12F4N2S/c1-2-12(18,8-5-3-4-6-9(8)14)10-7-19-11(20-10)13(15,16)17/h3-7H,2,18H2,1H3. The van der Waals surface area contributed by atoms with Gasteiger partial charge < -0.3 is 5.73 Å². The minimum atomic E-state index is -4.52. The molecule has 0 amide bonds. The first-order valence-electron chi connectivity index (χ1n) is 5.86. The molecule has 0 aliphatic heterocycles. The van der Waals surface area contributed by atoms with Gasteiger partial charge in [-0.25, -0.2) is 9.37 Å². The number of alkyl halides is 3. The van der Waals surface area contributed by atoms with E-state index in [0.29, 0.717) is 11.3 Å². The lowest BCUT2D eigenvalue weighted by Gasteiger charge is -2.27. The van der Waals surface area contributed by atoms with Crippen LogP contribution < -0.4 is 5.73 Å². The lowest BCUT2D eigenvalue weighted by molar-refractivity contribution is -0.137. The van der Waals surface area contributed by atoms with Gasteiger partial charge in [0.15, 0.2) is 5.01 Å². The van der Waals surface area contributed by atoms with Crippen molar-refractivity contribution in [1.82, 2.24) is 4.98 Å². The Morgan fingerprint density at radius 3 is 2.40 bits per heavy atom. The molecule has 1 heterocycles. The number of aromatic nitrogens is 1. The third-order valence-electron chi connectivity index (χ3n) is 3.10. The van der Waals surface area contributed by atoms with Gasteiger partial charge in [-0.05, 0) is 12.5 Å². The van der Waals surface area contributed by atoms with E-state index in [4.69, 9.17) is 5.73 Å². The van der Waals surface area contributed by atoms with Crippen molar-refractivity contribution in [2.24, 2.45) is 5.73 Å². The fourth-order valence-electron chi connectivity index (χ4n) is 1.93. The number of benzene rings is 1. The lowest BCUT2D eigenvalue weighted by Crippen LogP contribution is -2.37. The highest BCUT2D eigenvalue weighted by Crippen LogP contribution is 2.39. The predicted octanol–water partition coefficient (Wildman–Crippen LogP) is 3.91. The summed E-state index contributed by atoms with van der Waals surface area (Å²) in [5.74, 6) is -0.543. The largest absolute Gasteiger partial charge is 0.443 e. The molecule has 1 aromatic carbocycles. The minimum absolute atomic E-state index is 0.167. The van der Waals surface area contributed by atoms with Gasteiger partial charge in [-0.15, -0.1) is 11.3 Å². The zero-order chi connectivity index (χ0) is 15.0. The Hall–Kier alpha value is -1.47. The van der Waals surface area contributed by atoms with Crippen LogP contribution in [0.4, 0.5) is 17.6 Å². The van der Waals surface area contributed by atoms with Crippen LogP contribution in [0.15, 0.2) is 30.5 Å². The van der Waals surface area contributed by atoms with E-state index in [1.54, 1.807) is 13.0 Å². The zero-order valence-corrected chi connectivity index (χ0v) is 11.4. The van der Waals surface area contributed by atoms with Crippen molar-refractivity contribution in [2.45, 2.75) is 25.1 Å². The monoisotopic (exact) mass is 304 g/mol. The topological polar surface area (TPSA) is 38.9 Å². The normalized spacial score (nSPS) is 15.1. The van der Waals surface area contributed by atoms with Crippen LogP contribution in [0.2, 0.25) is 0 Å². The molecule has 7 heteroatoms. The molecule has 0 spiro atoms. The van der Waals surface area contributed by atoms with Crippen LogP contribution in [0.3, 0.4) is 0 Å². The van der Waals surface area contributed by atoms with Crippen molar-refractivity contribution in [2.75, 3.05) is 0 Å². The van der Waals surface area contributed by atoms with Crippen molar-refractivity contribution in [1.29, 1.82) is 0 Å². The molecule has 2 rings (SSSR count). The first-order chi connectivity index (χ1) is 9.29. The minimum Gasteiger partial charge on any atom is -0.317 e. The van der Waals surface area contributed by atoms with Crippen molar-refractivity contribution in [3.05, 3.63) is 51.7 Å². The molecule has 2 N–H and O–H groups in total. The Bertz CT molecular complexity index is 608. The van der Waals surface area contributed by atoms with E-state index in [1.807, 2.05) is 0 Å². The van der Waals surface area contributed by atoms with Gasteiger partial charge in [0.05, 0.1) is 5.54 Å². The first kappa shape index (κ1) is 14.9. The molecule has 0 saturated heterocycles. The molecule has 0 bridgehead atoms. The number of hydrogen-bond acceptors (Lipinski definition) is 3. The zero-order valence-electron chi connectivity index (χ0n) is 10.5. The molecule has 1 aromatic heterocycles. The number of thiazole rings is 1. The van der Waals surface area contributed by atoms with Crippen molar-refractivity contribution >= 4 is 11.3 Å². The van der Waals surface area contributed by atoms with Crippen LogP contribution in [-0.2, 0) is 11.7 Å². The van der Waals surface area contributed by atoms with E-state index in [-0.39, 0.29) is 16.9 Å². The summed E-state index contributed by atoms with van der Waals surface area (Å²) in [5.41, 5.74) is 5.01. The maximum atomic E-state index is 13.9. The SMILES string of the molecule is CCC(N)(c1cnc(C(F)(F)F)s1)c1ccccc1F. The summed E-state index contributed by atoms with van der Waals surface area (Å²) in [4.78, 5) is 3.54. The summed E-state index contributed by atoms with van der Waals surface area (Å²) < 4.78 is 51.7. The summed E-state index contributed by atoms with van der Waals surface area (Å²) in [7, 11) is 0. The van der Waals surface area contributed by atoms with Gasteiger partial charge in [0, 0.05) is 16.6 Å². The number of halogens is 4. The lowest BCUT2D eigenvalue weighted by atomic mass is 9.87. The summed E-state index contributed by atoms with van der Waals surface area (Å²) in [6.45, 7) is 1.69. The quantitative estimate of drug-likeness (QED) is 0.873. The molecule has 0 radical (unpaired) electrons. The third kappa shape index (κ3) is 2.55. The molecule has 1 unspecified atom stereocenters. The highest BCUT2D eigenvalue weighted by Gasteiger charge is 2.38. The molecular weight excluding hydrogens is 292 g/mol. The van der Waals surface area contributed by atoms with Crippen LogP contribution in [0.1, 0.15) is 28.8 Å². The van der Waals surface area contributed by atoms with Gasteiger partial charge in [0.25, 0.3) is 0 Å². The maximum Gasteiger partial charge on any atom is 0.443 e. The van der Waals surface area contributed by atoms with Gasteiger partial charge in [-0.3, -0.25) is 0 Å². The number of hydrogen-bond donors (Lipinski definition) is 1. The average molecular weight is 304 g/mol. The molecule has 20 heavy (non-hydrogen) atoms. The van der Waals surface area contributed by atoms with Crippen LogP contribution in [-0.4, -0.2) is 4.98 Å². The van der Waals surface area contributed by atoms with Crippen LogP contribution in [0.5, 0.6) is 0 Å². The van der Waals surface area contributed by atoms with Crippen LogP contribution in [0, 0.1) is 5.82 Å². The Labute approximate surface area is 117 Å². The highest BCUT2D eigenvalue weighted by molar-refractivity contribution is 7.11. The predicted molar refractivity (Wildman–Crippen MR) is 68.8 cm³/mol. The van der Waals surface area contributed by atoms with E-state index < -0.39 is 22.5 Å². The molecule has 1 atom stereocenters. The van der Waals surface area contributed by atoms with E-state index in [0.717, 1.165) is 6.20 Å². The molecule has 0 fully saturated rings. The van der Waals surface area contributed by atoms with Gasteiger partial charge in [-0.2, -0.15) is 13.2 Å². The summed E-state index contributed by atoms with van der Waals surface area (Å²) in [6, 6.07) is 5.81. The molecule has 0 aliphatic carbocycles. The van der Waals surface area contributed by atoms with Crippen LogP contribution >= 0.6 is 11.3 Å². The molecule has 0 saturated carbocycles. The Morgan fingerprint density at radius 2 is 1.90 bits per heavy atom. The van der Waals surface area contributed by atoms with E-state index in [2.05, 4.69) is 4.98 Å². The first-order valence-corrected chi connectivity index (χ1v) is 6.68. The van der Waals surface area contributed by atoms with E-state index >= 15 is 0 Å². The number of rotatable bonds is 3. The second kappa shape index (κ2) is 5.14. The Balaban J connectivity index is 2.52. The van der Waals surface area contributed by atoms with Crippen molar-refractivity contribution < 1.29 is 17.6 Å². The summed E-state index contributed by atoms with van der Waals surface area (Å²) in [6.07, 6.45) is -3.19. The Morgan fingerprint density at radius 1 is 1.25 bits per heavy atom. The fourth-order valence-corrected chi connectivity index (χ4v) is 2.90. The van der Waals surface area contributed by atoms with Gasteiger partial charge in [0.2, 0.25) is 0 Å². The molecule has 0 aliphatic rings. The maximum absolute atomic E-state index is 13.9. The third-order valence-corrected chi connectivity index (χ3v) is 4.32. The Kier molecular flexibility index (Phi) is 3.84. The summed E-state index contributed by atoms with van der Waals surface area (Å²) >= 11 is 0.447. The van der Waals surface area contributed by atoms with Crippen LogP contribution in [0.25, 0.3) is 0 Å². The van der Waals surface area contributed by atoms with E-state index in [1.165, 1.54) is 18.2 Å². The van der Waals surface area contributed by atoms with E-state index in [9.17, 15) is 17.6 Å². The van der Waals surface area contributed by atoms with Gasteiger partial charge >= 0.3 is 6.18 Å². The van der Waals surface area contributed by atoms with Crippen molar-refractivity contribution in [3.8, 4) is 0 Å². The summed E-state index contributed by atoms with van der Waals surface area (Å²) in [5, 5.41) is -0.980. The number of nitrogens with two attached hydrogens (primary N) is 1. The second-order valence-electron chi connectivity index (χ2n) is 4.33. The highest BCUT2D eigenvalue weighted by atomic mass is 32.1. The van der Waals surface area contributed by atoms with Gasteiger partial charge in [-0.1, -0.05) is 25.1 Å². The second-order valence-corrected chi connectivity index (χ2v) is 5.36. The van der Waals surface area contributed by atoms with Crippen molar-refractivity contribution in [3.63, 3.8) is 0 Å². The average Bonchev–Trinajstić information content (AvgIpc) is 2.88. The molecule has 108 valence electrons. The van der Waals surface area contributed by atoms with Gasteiger partial charge in [0.1, 0.15) is 5.82 Å².